The minimum atomic E-state index is -0.737. The van der Waals surface area contributed by atoms with Crippen LogP contribution in [-0.4, -0.2) is 29.8 Å². The molecule has 2 unspecified atom stereocenters. The second kappa shape index (κ2) is 10.5. The van der Waals surface area contributed by atoms with Gasteiger partial charge >= 0.3 is 12.0 Å². The molecule has 1 aliphatic rings. The van der Waals surface area contributed by atoms with Crippen LogP contribution in [0.1, 0.15) is 29.2 Å². The molecule has 0 radical (unpaired) electrons. The Hall–Kier alpha value is -4.00. The van der Waals surface area contributed by atoms with Gasteiger partial charge in [-0.25, -0.2) is 9.79 Å². The average Bonchev–Trinajstić information content (AvgIpc) is 2.87. The van der Waals surface area contributed by atoms with Gasteiger partial charge < -0.3 is 14.8 Å². The number of hydrogen-bond acceptors (Lipinski definition) is 5. The van der Waals surface area contributed by atoms with E-state index < -0.39 is 24.0 Å². The van der Waals surface area contributed by atoms with Gasteiger partial charge in [0.05, 0.1) is 13.2 Å². The Morgan fingerprint density at radius 3 is 2.48 bits per heavy atom. The number of esters is 1. The summed E-state index contributed by atoms with van der Waals surface area (Å²) in [5.41, 5.74) is 3.19. The summed E-state index contributed by atoms with van der Waals surface area (Å²) >= 11 is 0. The van der Waals surface area contributed by atoms with Crippen molar-refractivity contribution in [3.8, 4) is 5.75 Å². The molecule has 0 saturated heterocycles. The summed E-state index contributed by atoms with van der Waals surface area (Å²) < 4.78 is 11.0. The van der Waals surface area contributed by atoms with Gasteiger partial charge in [0.15, 0.2) is 0 Å². The molecule has 3 aromatic rings. The summed E-state index contributed by atoms with van der Waals surface area (Å²) in [6.07, 6.45) is 4.31. The van der Waals surface area contributed by atoms with Gasteiger partial charge in [-0.3, -0.25) is 9.78 Å². The Kier molecular flexibility index (Phi) is 7.09. The molecule has 2 aromatic carbocycles. The highest BCUT2D eigenvalue weighted by atomic mass is 16.5. The third-order valence-electron chi connectivity index (χ3n) is 5.56. The van der Waals surface area contributed by atoms with Crippen LogP contribution in [0, 0.1) is 5.92 Å². The highest BCUT2D eigenvalue weighted by molar-refractivity contribution is 6.09. The number of nitrogens with zero attached hydrogens (tertiary/aromatic N) is 2. The number of benzene rings is 2. The third kappa shape index (κ3) is 5.63. The maximum Gasteiger partial charge on any atom is 0.341 e. The minimum Gasteiger partial charge on any atom is -0.497 e. The molecule has 0 bridgehead atoms. The van der Waals surface area contributed by atoms with Crippen LogP contribution in [-0.2, 0) is 22.6 Å². The number of methoxy groups -OCH3 is 1. The number of pyridine rings is 1. The Bertz CT molecular complexity index is 1130. The smallest absolute Gasteiger partial charge is 0.341 e. The number of ether oxygens (including phenoxy) is 2. The van der Waals surface area contributed by atoms with Gasteiger partial charge in [0.25, 0.3) is 0 Å². The van der Waals surface area contributed by atoms with E-state index in [1.54, 1.807) is 31.6 Å². The van der Waals surface area contributed by atoms with E-state index in [0.717, 1.165) is 22.4 Å². The molecule has 7 nitrogen and oxygen atoms in total. The fraction of sp³-hybridized carbons (Fsp3) is 0.231. The van der Waals surface area contributed by atoms with Crippen LogP contribution in [0.15, 0.2) is 84.1 Å². The second-order valence-corrected chi connectivity index (χ2v) is 7.73. The van der Waals surface area contributed by atoms with Crippen molar-refractivity contribution in [2.24, 2.45) is 10.9 Å². The van der Waals surface area contributed by atoms with E-state index in [-0.39, 0.29) is 6.61 Å². The number of aryl methyl sites for hydroxylation is 1. The van der Waals surface area contributed by atoms with Gasteiger partial charge in [0, 0.05) is 18.1 Å². The first-order valence-electron chi connectivity index (χ1n) is 10.8. The van der Waals surface area contributed by atoms with Gasteiger partial charge in [-0.05, 0) is 53.8 Å². The maximum absolute atomic E-state index is 13.3. The molecule has 7 heteroatoms. The van der Waals surface area contributed by atoms with E-state index in [9.17, 15) is 9.59 Å². The van der Waals surface area contributed by atoms with E-state index >= 15 is 0 Å². The molecule has 0 saturated carbocycles. The Balaban J connectivity index is 1.58. The van der Waals surface area contributed by atoms with Gasteiger partial charge in [-0.2, -0.15) is 0 Å². The Labute approximate surface area is 192 Å². The van der Waals surface area contributed by atoms with E-state index in [1.165, 1.54) is 0 Å². The number of aliphatic imine (C=N–C) groups is 1. The number of amides is 2. The first-order chi connectivity index (χ1) is 16.1. The monoisotopic (exact) mass is 443 g/mol. The van der Waals surface area contributed by atoms with Crippen LogP contribution in [0.5, 0.6) is 5.75 Å². The van der Waals surface area contributed by atoms with Crippen molar-refractivity contribution in [3.05, 3.63) is 95.8 Å². The van der Waals surface area contributed by atoms with Crippen molar-refractivity contribution >= 4 is 17.7 Å². The van der Waals surface area contributed by atoms with Crippen molar-refractivity contribution in [3.63, 3.8) is 0 Å². The number of urea groups is 1. The van der Waals surface area contributed by atoms with Gasteiger partial charge in [-0.15, -0.1) is 0 Å². The lowest BCUT2D eigenvalue weighted by Crippen LogP contribution is -2.45. The summed E-state index contributed by atoms with van der Waals surface area (Å²) in [5.74, 6) is -0.409. The molecular weight excluding hydrogens is 418 g/mol. The molecule has 168 valence electrons. The van der Waals surface area contributed by atoms with Crippen molar-refractivity contribution in [1.29, 1.82) is 0 Å². The van der Waals surface area contributed by atoms with Crippen LogP contribution in [0.3, 0.4) is 0 Å². The van der Waals surface area contributed by atoms with Crippen molar-refractivity contribution in [1.82, 2.24) is 10.3 Å². The summed E-state index contributed by atoms with van der Waals surface area (Å²) in [7, 11) is 1.62. The fourth-order valence-electron chi connectivity index (χ4n) is 3.89. The summed E-state index contributed by atoms with van der Waals surface area (Å²) in [5, 5.41) is 2.83. The van der Waals surface area contributed by atoms with Gasteiger partial charge in [-0.1, -0.05) is 42.5 Å². The largest absolute Gasteiger partial charge is 0.497 e. The topological polar surface area (TPSA) is 89.9 Å². The Morgan fingerprint density at radius 2 is 1.73 bits per heavy atom. The summed E-state index contributed by atoms with van der Waals surface area (Å²) in [6, 6.07) is 19.7. The molecule has 2 amide bonds. The van der Waals surface area contributed by atoms with Crippen LogP contribution in [0.4, 0.5) is 4.79 Å². The molecule has 1 aliphatic heterocycles. The average molecular weight is 444 g/mol. The zero-order valence-corrected chi connectivity index (χ0v) is 18.3. The lowest BCUT2D eigenvalue weighted by molar-refractivity contribution is -0.148. The van der Waals surface area contributed by atoms with Crippen molar-refractivity contribution < 1.29 is 19.1 Å². The molecule has 2 atom stereocenters. The zero-order valence-electron chi connectivity index (χ0n) is 18.3. The maximum atomic E-state index is 13.3. The van der Waals surface area contributed by atoms with Crippen molar-refractivity contribution in [2.45, 2.75) is 25.5 Å². The standard InChI is InChI=1S/C26H25N3O4/c1-32-21-9-5-8-18(16-21)10-11-22-23(25(30)33-17-19-6-3-2-4-7-19)24(29-26(31)28-22)20-12-14-27-15-13-20/h2-9,12-16,23-24H,10-11,17H2,1H3,(H,29,31). The van der Waals surface area contributed by atoms with Crippen LogP contribution < -0.4 is 10.1 Å². The third-order valence-corrected chi connectivity index (χ3v) is 5.56. The van der Waals surface area contributed by atoms with Crippen molar-refractivity contribution in [2.75, 3.05) is 7.11 Å². The number of hydrogen-bond donors (Lipinski definition) is 1. The molecule has 1 N–H and O–H groups in total. The number of aromatic nitrogens is 1. The van der Waals surface area contributed by atoms with E-state index in [1.807, 2.05) is 54.6 Å². The van der Waals surface area contributed by atoms with E-state index in [2.05, 4.69) is 15.3 Å². The molecule has 2 heterocycles. The number of nitrogens with one attached hydrogen (secondary N) is 1. The molecule has 4 rings (SSSR count). The van der Waals surface area contributed by atoms with E-state index in [4.69, 9.17) is 9.47 Å². The van der Waals surface area contributed by atoms with E-state index in [0.29, 0.717) is 18.6 Å². The molecular formula is C26H25N3O4. The normalized spacial score (nSPS) is 17.6. The Morgan fingerprint density at radius 1 is 0.970 bits per heavy atom. The number of carbonyl (C=O) groups excluding carboxylic acids is 2. The lowest BCUT2D eigenvalue weighted by Gasteiger charge is -2.31. The lowest BCUT2D eigenvalue weighted by atomic mass is 9.85. The molecule has 0 fully saturated rings. The van der Waals surface area contributed by atoms with Crippen LogP contribution in [0.25, 0.3) is 0 Å². The van der Waals surface area contributed by atoms with Crippen LogP contribution in [0.2, 0.25) is 0 Å². The van der Waals surface area contributed by atoms with Crippen LogP contribution >= 0.6 is 0 Å². The quantitative estimate of drug-likeness (QED) is 0.525. The number of rotatable bonds is 8. The summed E-state index contributed by atoms with van der Waals surface area (Å²) in [4.78, 5) is 34.0. The molecule has 0 spiro atoms. The minimum absolute atomic E-state index is 0.149. The molecule has 0 aliphatic carbocycles. The highest BCUT2D eigenvalue weighted by Crippen LogP contribution is 2.30. The predicted molar refractivity (Wildman–Crippen MR) is 124 cm³/mol. The number of carbonyl (C=O) groups is 2. The SMILES string of the molecule is COc1cccc(CCC2=NC(=O)NC(c3ccncc3)C2C(=O)OCc2ccccc2)c1. The second-order valence-electron chi connectivity index (χ2n) is 7.73. The summed E-state index contributed by atoms with van der Waals surface area (Å²) in [6.45, 7) is 0.149. The predicted octanol–water partition coefficient (Wildman–Crippen LogP) is 4.29. The molecule has 33 heavy (non-hydrogen) atoms. The fourth-order valence-corrected chi connectivity index (χ4v) is 3.89. The van der Waals surface area contributed by atoms with Gasteiger partial charge in [0.1, 0.15) is 18.3 Å². The zero-order chi connectivity index (χ0) is 23.0. The first-order valence-corrected chi connectivity index (χ1v) is 10.8. The highest BCUT2D eigenvalue weighted by Gasteiger charge is 2.39. The first kappa shape index (κ1) is 22.2. The molecule has 1 aromatic heterocycles. The van der Waals surface area contributed by atoms with Gasteiger partial charge in [0.2, 0.25) is 0 Å².